The summed E-state index contributed by atoms with van der Waals surface area (Å²) in [4.78, 5) is 22.6. The normalized spacial score (nSPS) is 14.4. The van der Waals surface area contributed by atoms with Crippen molar-refractivity contribution in [1.29, 1.82) is 0 Å². The molecule has 0 radical (unpaired) electrons. The summed E-state index contributed by atoms with van der Waals surface area (Å²) in [6.07, 6.45) is 2.19. The van der Waals surface area contributed by atoms with Crippen LogP contribution in [0.2, 0.25) is 0 Å². The Hall–Kier alpha value is -1.10. The van der Waals surface area contributed by atoms with Gasteiger partial charge in [0.1, 0.15) is 5.54 Å². The zero-order chi connectivity index (χ0) is 13.5. The van der Waals surface area contributed by atoms with Crippen LogP contribution in [0.1, 0.15) is 47.0 Å². The van der Waals surface area contributed by atoms with E-state index in [4.69, 9.17) is 5.11 Å². The first-order chi connectivity index (χ1) is 7.89. The fourth-order valence-corrected chi connectivity index (χ4v) is 1.40. The number of hydrogen-bond acceptors (Lipinski definition) is 3. The van der Waals surface area contributed by atoms with Gasteiger partial charge in [-0.1, -0.05) is 20.8 Å². The van der Waals surface area contributed by atoms with Gasteiger partial charge >= 0.3 is 5.97 Å². The molecule has 5 nitrogen and oxygen atoms in total. The number of carbonyl (C=O) groups is 2. The fourth-order valence-electron chi connectivity index (χ4n) is 1.40. The zero-order valence-electron chi connectivity index (χ0n) is 11.2. The quantitative estimate of drug-likeness (QED) is 0.598. The van der Waals surface area contributed by atoms with Crippen LogP contribution in [0.15, 0.2) is 0 Å². The molecule has 1 amide bonds. The summed E-state index contributed by atoms with van der Waals surface area (Å²) in [5, 5.41) is 14.7. The van der Waals surface area contributed by atoms with Crippen molar-refractivity contribution in [2.45, 2.75) is 58.5 Å². The van der Waals surface area contributed by atoms with Crippen molar-refractivity contribution in [2.75, 3.05) is 6.54 Å². The van der Waals surface area contributed by atoms with E-state index in [0.717, 1.165) is 12.8 Å². The molecule has 0 aliphatic carbocycles. The number of nitrogens with one attached hydrogen (secondary N) is 2. The Morgan fingerprint density at radius 3 is 2.12 bits per heavy atom. The topological polar surface area (TPSA) is 78.4 Å². The lowest BCUT2D eigenvalue weighted by atomic mass is 9.99. The maximum atomic E-state index is 11.6. The number of aliphatic carboxylic acids is 1. The lowest BCUT2D eigenvalue weighted by molar-refractivity contribution is -0.144. The third kappa shape index (κ3) is 5.17. The predicted octanol–water partition coefficient (Wildman–Crippen LogP) is 1.13. The number of carboxylic acids is 1. The molecule has 0 spiro atoms. The van der Waals surface area contributed by atoms with Gasteiger partial charge in [0.25, 0.3) is 0 Å². The van der Waals surface area contributed by atoms with E-state index in [9.17, 15) is 9.59 Å². The summed E-state index contributed by atoms with van der Waals surface area (Å²) in [6, 6.07) is 0.169. The molecule has 5 heteroatoms. The van der Waals surface area contributed by atoms with E-state index in [0.29, 0.717) is 6.42 Å². The van der Waals surface area contributed by atoms with E-state index in [2.05, 4.69) is 10.6 Å². The van der Waals surface area contributed by atoms with Gasteiger partial charge in [-0.2, -0.15) is 0 Å². The summed E-state index contributed by atoms with van der Waals surface area (Å²) in [5.74, 6) is -1.09. The summed E-state index contributed by atoms with van der Waals surface area (Å²) < 4.78 is 0. The van der Waals surface area contributed by atoms with Crippen LogP contribution >= 0.6 is 0 Å². The molecule has 3 N–H and O–H groups in total. The molecule has 0 saturated carbocycles. The van der Waals surface area contributed by atoms with Gasteiger partial charge in [-0.15, -0.1) is 0 Å². The third-order valence-electron chi connectivity index (χ3n) is 3.17. The highest BCUT2D eigenvalue weighted by molar-refractivity contribution is 5.82. The average Bonchev–Trinajstić information content (AvgIpc) is 2.32. The number of carbonyl (C=O) groups excluding carboxylic acids is 1. The van der Waals surface area contributed by atoms with Crippen molar-refractivity contribution in [2.24, 2.45) is 0 Å². The van der Waals surface area contributed by atoms with Gasteiger partial charge in [-0.3, -0.25) is 14.9 Å². The van der Waals surface area contributed by atoms with Gasteiger partial charge in [-0.25, -0.2) is 0 Å². The molecule has 0 aliphatic rings. The van der Waals surface area contributed by atoms with Crippen LogP contribution in [0.3, 0.4) is 0 Å². The molecule has 0 rings (SSSR count). The lowest BCUT2D eigenvalue weighted by Gasteiger charge is -2.25. The maximum Gasteiger partial charge on any atom is 0.323 e. The molecular weight excluding hydrogens is 220 g/mol. The van der Waals surface area contributed by atoms with Crippen LogP contribution in [0.5, 0.6) is 0 Å². The van der Waals surface area contributed by atoms with Gasteiger partial charge in [0.05, 0.1) is 6.54 Å². The molecule has 17 heavy (non-hydrogen) atoms. The minimum atomic E-state index is -1.04. The van der Waals surface area contributed by atoms with Crippen LogP contribution in [-0.4, -0.2) is 35.1 Å². The second-order valence-electron chi connectivity index (χ2n) is 4.43. The van der Waals surface area contributed by atoms with Crippen LogP contribution in [-0.2, 0) is 9.59 Å². The maximum absolute atomic E-state index is 11.6. The Kier molecular flexibility index (Phi) is 6.80. The highest BCUT2D eigenvalue weighted by Crippen LogP contribution is 2.08. The number of amides is 1. The highest BCUT2D eigenvalue weighted by atomic mass is 16.4. The van der Waals surface area contributed by atoms with Crippen LogP contribution in [0, 0.1) is 0 Å². The molecule has 0 heterocycles. The molecule has 0 aromatic rings. The summed E-state index contributed by atoms with van der Waals surface area (Å²) in [7, 11) is 0. The molecule has 0 bridgehead atoms. The van der Waals surface area contributed by atoms with Crippen molar-refractivity contribution in [3.8, 4) is 0 Å². The smallest absolute Gasteiger partial charge is 0.323 e. The lowest BCUT2D eigenvalue weighted by Crippen LogP contribution is -2.53. The van der Waals surface area contributed by atoms with Gasteiger partial charge < -0.3 is 10.4 Å². The molecular formula is C12H24N2O3. The molecule has 0 aromatic heterocycles. The van der Waals surface area contributed by atoms with Gasteiger partial charge in [-0.05, 0) is 26.2 Å². The van der Waals surface area contributed by atoms with Crippen molar-refractivity contribution < 1.29 is 14.7 Å². The standard InChI is InChI=1S/C12H24N2O3/c1-5-9(6-2)14-10(15)8-13-12(4,7-3)11(16)17/h9,13H,5-8H2,1-4H3,(H,14,15)(H,16,17). The summed E-state index contributed by atoms with van der Waals surface area (Å²) >= 11 is 0. The molecule has 0 aromatic carbocycles. The van der Waals surface area contributed by atoms with Crippen LogP contribution in [0.25, 0.3) is 0 Å². The molecule has 0 fully saturated rings. The Morgan fingerprint density at radius 2 is 1.76 bits per heavy atom. The Morgan fingerprint density at radius 1 is 1.24 bits per heavy atom. The Bertz CT molecular complexity index is 264. The number of hydrogen-bond donors (Lipinski definition) is 3. The summed E-state index contributed by atoms with van der Waals surface area (Å²) in [6.45, 7) is 7.41. The van der Waals surface area contributed by atoms with Crippen LogP contribution in [0.4, 0.5) is 0 Å². The van der Waals surface area contributed by atoms with Crippen LogP contribution < -0.4 is 10.6 Å². The minimum Gasteiger partial charge on any atom is -0.480 e. The molecule has 0 aliphatic heterocycles. The SMILES string of the molecule is CCC(CC)NC(=O)CNC(C)(CC)C(=O)O. The second-order valence-corrected chi connectivity index (χ2v) is 4.43. The highest BCUT2D eigenvalue weighted by Gasteiger charge is 2.30. The number of rotatable bonds is 8. The predicted molar refractivity (Wildman–Crippen MR) is 66.8 cm³/mol. The van der Waals surface area contributed by atoms with Crippen molar-refractivity contribution in [3.05, 3.63) is 0 Å². The Labute approximate surface area is 103 Å². The first-order valence-corrected chi connectivity index (χ1v) is 6.17. The van der Waals surface area contributed by atoms with E-state index in [1.807, 2.05) is 13.8 Å². The van der Waals surface area contributed by atoms with E-state index in [-0.39, 0.29) is 18.5 Å². The van der Waals surface area contributed by atoms with E-state index >= 15 is 0 Å². The van der Waals surface area contributed by atoms with Gasteiger partial charge in [0, 0.05) is 6.04 Å². The monoisotopic (exact) mass is 244 g/mol. The Balaban J connectivity index is 4.19. The molecule has 1 unspecified atom stereocenters. The second kappa shape index (κ2) is 7.27. The zero-order valence-corrected chi connectivity index (χ0v) is 11.2. The molecule has 1 atom stereocenters. The summed E-state index contributed by atoms with van der Waals surface area (Å²) in [5.41, 5.74) is -1.04. The molecule has 100 valence electrons. The average molecular weight is 244 g/mol. The first kappa shape index (κ1) is 15.9. The van der Waals surface area contributed by atoms with Crippen molar-refractivity contribution in [3.63, 3.8) is 0 Å². The van der Waals surface area contributed by atoms with Gasteiger partial charge in [0.15, 0.2) is 0 Å². The minimum absolute atomic E-state index is 0.0349. The molecule has 0 saturated heterocycles. The largest absolute Gasteiger partial charge is 0.480 e. The first-order valence-electron chi connectivity index (χ1n) is 6.17. The number of carboxylic acid groups (broad SMARTS) is 1. The van der Waals surface area contributed by atoms with Crippen molar-refractivity contribution >= 4 is 11.9 Å². The van der Waals surface area contributed by atoms with E-state index in [1.54, 1.807) is 13.8 Å². The fraction of sp³-hybridized carbons (Fsp3) is 0.833. The van der Waals surface area contributed by atoms with E-state index in [1.165, 1.54) is 0 Å². The van der Waals surface area contributed by atoms with Crippen molar-refractivity contribution in [1.82, 2.24) is 10.6 Å². The van der Waals surface area contributed by atoms with Gasteiger partial charge in [0.2, 0.25) is 5.91 Å². The third-order valence-corrected chi connectivity index (χ3v) is 3.17. The van der Waals surface area contributed by atoms with E-state index < -0.39 is 11.5 Å².